The lowest BCUT2D eigenvalue weighted by Crippen LogP contribution is -2.46. The average Bonchev–Trinajstić information content (AvgIpc) is 3.66. The van der Waals surface area contributed by atoms with Crippen LogP contribution in [-0.2, 0) is 45.6 Å². The minimum atomic E-state index is -5.71. The Kier molecular flexibility index (Phi) is 10.5. The van der Waals surface area contributed by atoms with E-state index < -0.39 is 85.2 Å². The number of phosphoric acid groups is 3. The first-order chi connectivity index (χ1) is 22.4. The van der Waals surface area contributed by atoms with Crippen LogP contribution in [0.2, 0.25) is 0 Å². The van der Waals surface area contributed by atoms with E-state index >= 15 is 0 Å². The maximum atomic E-state index is 13.3. The van der Waals surface area contributed by atoms with Gasteiger partial charge < -0.3 is 55.5 Å². The molecule has 2 unspecified atom stereocenters. The maximum Gasteiger partial charge on any atom is 0.483 e. The highest BCUT2D eigenvalue weighted by atomic mass is 31.3. The molecule has 27 heteroatoms. The number of amides is 1. The standard InChI is InChI=1S/C21H28N7O17P3/c1-39-48(38,45-47(36,37)40-6-10-12(29)13(30)19(41-10)27-4-2-3-9(5-27)17(23)32)44-21-14(31)15(43-46(33,34)35)20(42-21)28-8-26-11-16(22)24-7-25-18(11)28/h2-5,7-8,10,12-15,19-21,29-31H,6H2,1H3,(H6-,22,23,24,25,32,33,34,35,36,37)/t10-,12-,13-,14-,15-,19-,20-,21-,48?/m1/s1. The summed E-state index contributed by atoms with van der Waals surface area (Å²) >= 11 is 0. The SMILES string of the molecule is COP(=O)(O[C@H]1O[C@@H](n2cnc3c(N)ncnc32)[C@H](OP(=O)(O)O)[C@H]1O)OP(=O)([O-])OC[C@H]1O[C@@H]([n+]2cccc(C(N)=O)c2)[C@H](O)[C@@H]1O. The number of nitrogens with zero attached hydrogens (tertiary/aromatic N) is 5. The zero-order valence-electron chi connectivity index (χ0n) is 24.2. The number of carbonyl (C=O) groups is 1. The minimum Gasteiger partial charge on any atom is -0.756 e. The number of ether oxygens (including phenoxy) is 2. The van der Waals surface area contributed by atoms with Gasteiger partial charge in [-0.2, -0.15) is 4.57 Å². The van der Waals surface area contributed by atoms with Crippen molar-refractivity contribution in [3.8, 4) is 0 Å². The number of imidazole rings is 1. The molecule has 0 aliphatic carbocycles. The van der Waals surface area contributed by atoms with E-state index in [2.05, 4.69) is 28.3 Å². The van der Waals surface area contributed by atoms with Gasteiger partial charge >= 0.3 is 15.6 Å². The van der Waals surface area contributed by atoms with Crippen LogP contribution in [0.1, 0.15) is 22.8 Å². The number of nitrogens with two attached hydrogens (primary N) is 2. The molecule has 0 bridgehead atoms. The van der Waals surface area contributed by atoms with E-state index in [1.165, 1.54) is 29.1 Å². The third-order valence-electron chi connectivity index (χ3n) is 6.88. The second kappa shape index (κ2) is 13.8. The van der Waals surface area contributed by atoms with Crippen LogP contribution >= 0.6 is 23.5 Å². The normalized spacial score (nSPS) is 30.3. The predicted molar refractivity (Wildman–Crippen MR) is 148 cm³/mol. The van der Waals surface area contributed by atoms with E-state index in [-0.39, 0.29) is 22.5 Å². The van der Waals surface area contributed by atoms with Gasteiger partial charge in [-0.3, -0.25) is 27.5 Å². The number of hydrogen-bond donors (Lipinski definition) is 7. The quantitative estimate of drug-likeness (QED) is 0.0681. The van der Waals surface area contributed by atoms with E-state index in [1.54, 1.807) is 0 Å². The number of carbonyl (C=O) groups excluding carboxylic acids is 1. The highest BCUT2D eigenvalue weighted by Gasteiger charge is 2.53. The number of nitrogen functional groups attached to an aromatic ring is 1. The highest BCUT2D eigenvalue weighted by molar-refractivity contribution is 7.61. The van der Waals surface area contributed by atoms with Crippen molar-refractivity contribution in [2.24, 2.45) is 5.73 Å². The van der Waals surface area contributed by atoms with Crippen LogP contribution in [0.3, 0.4) is 0 Å². The van der Waals surface area contributed by atoms with Gasteiger partial charge in [0.2, 0.25) is 0 Å². The Morgan fingerprint density at radius 1 is 1.10 bits per heavy atom. The summed E-state index contributed by atoms with van der Waals surface area (Å²) in [6, 6.07) is 2.79. The number of primary amides is 1. The molecule has 0 radical (unpaired) electrons. The van der Waals surface area contributed by atoms with Crippen molar-refractivity contribution in [1.82, 2.24) is 19.5 Å². The average molecular weight is 743 g/mol. The molecule has 5 heterocycles. The Hall–Kier alpha value is -2.86. The Morgan fingerprint density at radius 3 is 2.50 bits per heavy atom. The molecule has 1 amide bonds. The highest BCUT2D eigenvalue weighted by Crippen LogP contribution is 2.63. The summed E-state index contributed by atoms with van der Waals surface area (Å²) in [5, 5.41) is 31.7. The number of hydrogen-bond acceptors (Lipinski definition) is 19. The number of aliphatic hydroxyl groups is 3. The summed E-state index contributed by atoms with van der Waals surface area (Å²) in [4.78, 5) is 54.7. The lowest BCUT2D eigenvalue weighted by Gasteiger charge is -2.28. The number of fused-ring (bicyclic) bond motifs is 1. The molecule has 24 nitrogen and oxygen atoms in total. The Balaban J connectivity index is 1.28. The summed E-state index contributed by atoms with van der Waals surface area (Å²) in [5.74, 6) is -0.880. The number of aromatic nitrogens is 5. The molecule has 48 heavy (non-hydrogen) atoms. The van der Waals surface area contributed by atoms with Crippen molar-refractivity contribution in [2.75, 3.05) is 19.5 Å². The third kappa shape index (κ3) is 7.79. The van der Waals surface area contributed by atoms with Gasteiger partial charge in [0.1, 0.15) is 41.8 Å². The van der Waals surface area contributed by atoms with Crippen LogP contribution in [-0.4, -0.2) is 101 Å². The van der Waals surface area contributed by atoms with Gasteiger partial charge in [-0.05, 0) is 6.07 Å². The van der Waals surface area contributed by atoms with Crippen LogP contribution in [0.15, 0.2) is 37.2 Å². The number of phosphoric ester groups is 3. The maximum absolute atomic E-state index is 13.3. The lowest BCUT2D eigenvalue weighted by molar-refractivity contribution is -0.765. The van der Waals surface area contributed by atoms with Gasteiger partial charge in [0, 0.05) is 13.2 Å². The van der Waals surface area contributed by atoms with E-state index in [0.717, 1.165) is 17.2 Å². The minimum absolute atomic E-state index is 0.0261. The van der Waals surface area contributed by atoms with Crippen molar-refractivity contribution in [3.63, 3.8) is 0 Å². The van der Waals surface area contributed by atoms with Crippen molar-refractivity contribution >= 4 is 46.4 Å². The zero-order valence-corrected chi connectivity index (χ0v) is 26.8. The molecule has 0 saturated carbocycles. The summed E-state index contributed by atoms with van der Waals surface area (Å²) in [5.41, 5.74) is 11.0. The molecule has 2 aliphatic rings. The van der Waals surface area contributed by atoms with Gasteiger partial charge in [0.15, 0.2) is 42.5 Å². The van der Waals surface area contributed by atoms with Gasteiger partial charge in [0.05, 0.1) is 12.9 Å². The first-order valence-corrected chi connectivity index (χ1v) is 17.7. The fraction of sp³-hybridized carbons (Fsp3) is 0.476. The van der Waals surface area contributed by atoms with Crippen LogP contribution < -0.4 is 20.9 Å². The summed E-state index contributed by atoms with van der Waals surface area (Å²) in [7, 11) is -15.7. The van der Waals surface area contributed by atoms with Crippen molar-refractivity contribution in [3.05, 3.63) is 42.7 Å². The van der Waals surface area contributed by atoms with Crippen molar-refractivity contribution in [1.29, 1.82) is 0 Å². The first kappa shape index (κ1) is 36.4. The van der Waals surface area contributed by atoms with E-state index in [4.69, 9.17) is 30.0 Å². The largest absolute Gasteiger partial charge is 0.756 e. The summed E-state index contributed by atoms with van der Waals surface area (Å²) < 4.78 is 74.3. The molecule has 0 aromatic carbocycles. The molecule has 3 aromatic heterocycles. The molecule has 10 atom stereocenters. The van der Waals surface area contributed by atoms with Gasteiger partial charge in [-0.1, -0.05) is 0 Å². The Morgan fingerprint density at radius 2 is 1.83 bits per heavy atom. The monoisotopic (exact) mass is 743 g/mol. The molecule has 2 aliphatic heterocycles. The molecule has 5 rings (SSSR count). The predicted octanol–water partition coefficient (Wildman–Crippen LogP) is -2.92. The van der Waals surface area contributed by atoms with Gasteiger partial charge in [-0.25, -0.2) is 28.4 Å². The van der Waals surface area contributed by atoms with Crippen molar-refractivity contribution < 1.29 is 84.9 Å². The molecular weight excluding hydrogens is 715 g/mol. The Labute approximate surface area is 268 Å². The fourth-order valence-corrected chi connectivity index (χ4v) is 7.68. The first-order valence-electron chi connectivity index (χ1n) is 13.3. The number of aliphatic hydroxyl groups excluding tert-OH is 3. The Bertz CT molecular complexity index is 1810. The lowest BCUT2D eigenvalue weighted by atomic mass is 10.1. The molecule has 0 spiro atoms. The number of pyridine rings is 1. The smallest absolute Gasteiger partial charge is 0.483 e. The molecule has 264 valence electrons. The second-order valence-electron chi connectivity index (χ2n) is 10.0. The fourth-order valence-electron chi connectivity index (χ4n) is 4.70. The van der Waals surface area contributed by atoms with Gasteiger partial charge in [-0.15, -0.1) is 0 Å². The van der Waals surface area contributed by atoms with Crippen LogP contribution in [0.5, 0.6) is 0 Å². The van der Waals surface area contributed by atoms with E-state index in [0.29, 0.717) is 7.11 Å². The summed E-state index contributed by atoms with van der Waals surface area (Å²) in [6.07, 6.45) is -9.60. The second-order valence-corrected chi connectivity index (χ2v) is 14.5. The molecular formula is C21H28N7O17P3. The van der Waals surface area contributed by atoms with Gasteiger partial charge in [0.25, 0.3) is 20.0 Å². The molecule has 2 saturated heterocycles. The third-order valence-corrected chi connectivity index (χ3v) is 10.4. The van der Waals surface area contributed by atoms with Crippen LogP contribution in [0, 0.1) is 0 Å². The summed E-state index contributed by atoms with van der Waals surface area (Å²) in [6.45, 7) is -1.00. The molecule has 2 fully saturated rings. The topological polar surface area (TPSA) is 357 Å². The molecule has 9 N–H and O–H groups in total. The van der Waals surface area contributed by atoms with E-state index in [9.17, 15) is 48.5 Å². The number of rotatable bonds is 13. The van der Waals surface area contributed by atoms with E-state index in [1.807, 2.05) is 0 Å². The zero-order chi connectivity index (χ0) is 35.2. The van der Waals surface area contributed by atoms with Crippen LogP contribution in [0.4, 0.5) is 5.82 Å². The van der Waals surface area contributed by atoms with Crippen molar-refractivity contribution in [2.45, 2.75) is 49.3 Å². The number of anilines is 1. The molecule has 3 aromatic rings. The van der Waals surface area contributed by atoms with Crippen LogP contribution in [0.25, 0.3) is 11.2 Å².